The molecule has 1 aliphatic heterocycles. The first kappa shape index (κ1) is 12.1. The van der Waals surface area contributed by atoms with Gasteiger partial charge in [0, 0.05) is 5.75 Å². The minimum Gasteiger partial charge on any atom is -0.377 e. The predicted octanol–water partition coefficient (Wildman–Crippen LogP) is 2.01. The fourth-order valence-corrected chi connectivity index (χ4v) is 1.75. The largest absolute Gasteiger partial charge is 0.441 e. The zero-order valence-corrected chi connectivity index (χ0v) is 8.59. The Morgan fingerprint density at radius 2 is 1.93 bits per heavy atom. The lowest BCUT2D eigenvalue weighted by molar-refractivity contribution is -0.0336. The van der Waals surface area contributed by atoms with E-state index in [1.54, 1.807) is 0 Å². The normalized spacial score (nSPS) is 19.9. The van der Waals surface area contributed by atoms with Gasteiger partial charge in [-0.25, -0.2) is 0 Å². The van der Waals surface area contributed by atoms with Crippen LogP contribution in [0.25, 0.3) is 0 Å². The summed E-state index contributed by atoms with van der Waals surface area (Å²) >= 11 is -0.0185. The number of nitrogens with one attached hydrogen (secondary N) is 1. The smallest absolute Gasteiger partial charge is 0.377 e. The van der Waals surface area contributed by atoms with Gasteiger partial charge in [0.05, 0.1) is 12.7 Å². The van der Waals surface area contributed by atoms with E-state index >= 15 is 0 Å². The molecule has 0 aromatic heterocycles. The van der Waals surface area contributed by atoms with Gasteiger partial charge in [-0.05, 0) is 37.7 Å². The number of rotatable bonds is 4. The molecule has 1 rings (SSSR count). The Labute approximate surface area is 85.6 Å². The van der Waals surface area contributed by atoms with Crippen LogP contribution in [0.5, 0.6) is 0 Å². The lowest BCUT2D eigenvalue weighted by Gasteiger charge is -2.22. The minimum atomic E-state index is -4.13. The fraction of sp³-hybridized carbons (Fsp3) is 1.00. The lowest BCUT2D eigenvalue weighted by Crippen LogP contribution is -2.32. The number of hydrogen-bond acceptors (Lipinski definition) is 3. The molecule has 0 aromatic carbocycles. The van der Waals surface area contributed by atoms with Gasteiger partial charge in [-0.1, -0.05) is 0 Å². The second kappa shape index (κ2) is 5.82. The Hall–Kier alpha value is 0.0600. The van der Waals surface area contributed by atoms with Gasteiger partial charge >= 0.3 is 5.51 Å². The maximum absolute atomic E-state index is 11.7. The van der Waals surface area contributed by atoms with Crippen LogP contribution in [0.4, 0.5) is 13.2 Å². The SMILES string of the molecule is FC(F)(F)SCCOC1CCNCC1. The van der Waals surface area contributed by atoms with E-state index in [1.807, 2.05) is 0 Å². The summed E-state index contributed by atoms with van der Waals surface area (Å²) in [7, 11) is 0. The molecule has 1 fully saturated rings. The van der Waals surface area contributed by atoms with Crippen molar-refractivity contribution in [3.63, 3.8) is 0 Å². The molecular weight excluding hydrogens is 215 g/mol. The van der Waals surface area contributed by atoms with Crippen molar-refractivity contribution in [3.8, 4) is 0 Å². The van der Waals surface area contributed by atoms with Crippen molar-refractivity contribution in [2.45, 2.75) is 24.5 Å². The standard InChI is InChI=1S/C8H14F3NOS/c9-8(10,11)14-6-5-13-7-1-3-12-4-2-7/h7,12H,1-6H2. The Morgan fingerprint density at radius 3 is 2.50 bits per heavy atom. The highest BCUT2D eigenvalue weighted by atomic mass is 32.2. The average Bonchev–Trinajstić information content (AvgIpc) is 2.13. The molecule has 1 saturated heterocycles. The molecule has 14 heavy (non-hydrogen) atoms. The van der Waals surface area contributed by atoms with Gasteiger partial charge in [-0.3, -0.25) is 0 Å². The van der Waals surface area contributed by atoms with Gasteiger partial charge in [0.2, 0.25) is 0 Å². The zero-order valence-electron chi connectivity index (χ0n) is 7.77. The third-order valence-corrected chi connectivity index (χ3v) is 2.69. The number of ether oxygens (including phenoxy) is 1. The number of alkyl halides is 3. The van der Waals surface area contributed by atoms with Crippen molar-refractivity contribution >= 4 is 11.8 Å². The van der Waals surface area contributed by atoms with Crippen molar-refractivity contribution in [3.05, 3.63) is 0 Å². The Balaban J connectivity index is 1.97. The van der Waals surface area contributed by atoms with Crippen LogP contribution in [0.3, 0.4) is 0 Å². The highest BCUT2D eigenvalue weighted by Crippen LogP contribution is 2.29. The Bertz CT molecular complexity index is 159. The molecule has 6 heteroatoms. The molecule has 0 unspecified atom stereocenters. The third kappa shape index (κ3) is 5.72. The summed E-state index contributed by atoms with van der Waals surface area (Å²) in [5.74, 6) is -0.00652. The molecular formula is C8H14F3NOS. The van der Waals surface area contributed by atoms with Crippen LogP contribution in [0.15, 0.2) is 0 Å². The summed E-state index contributed by atoms with van der Waals surface area (Å²) < 4.78 is 40.5. The van der Waals surface area contributed by atoms with Crippen LogP contribution in [-0.2, 0) is 4.74 Å². The molecule has 0 atom stereocenters. The Kier molecular flexibility index (Phi) is 5.05. The van der Waals surface area contributed by atoms with Crippen LogP contribution in [-0.4, -0.2) is 37.1 Å². The van der Waals surface area contributed by atoms with Gasteiger partial charge in [0.1, 0.15) is 0 Å². The van der Waals surface area contributed by atoms with Crippen LogP contribution in [0, 0.1) is 0 Å². The first-order valence-corrected chi connectivity index (χ1v) is 5.59. The van der Waals surface area contributed by atoms with Gasteiger partial charge < -0.3 is 10.1 Å². The molecule has 1 aliphatic rings. The van der Waals surface area contributed by atoms with Gasteiger partial charge in [0.25, 0.3) is 0 Å². The minimum absolute atomic E-state index is 0.00652. The second-order valence-corrected chi connectivity index (χ2v) is 4.27. The number of piperidine rings is 1. The van der Waals surface area contributed by atoms with E-state index in [9.17, 15) is 13.2 Å². The molecule has 1 heterocycles. The highest BCUT2D eigenvalue weighted by Gasteiger charge is 2.27. The number of hydrogen-bond donors (Lipinski definition) is 1. The fourth-order valence-electron chi connectivity index (χ4n) is 1.33. The van der Waals surface area contributed by atoms with E-state index in [0.717, 1.165) is 25.9 Å². The van der Waals surface area contributed by atoms with Crippen molar-refractivity contribution in [1.29, 1.82) is 0 Å². The first-order chi connectivity index (χ1) is 6.58. The quantitative estimate of drug-likeness (QED) is 0.745. The average molecular weight is 229 g/mol. The van der Waals surface area contributed by atoms with Crippen molar-refractivity contribution in [2.75, 3.05) is 25.4 Å². The van der Waals surface area contributed by atoms with E-state index in [1.165, 1.54) is 0 Å². The topological polar surface area (TPSA) is 21.3 Å². The predicted molar refractivity (Wildman–Crippen MR) is 50.4 cm³/mol. The first-order valence-electron chi connectivity index (χ1n) is 4.61. The van der Waals surface area contributed by atoms with E-state index < -0.39 is 5.51 Å². The van der Waals surface area contributed by atoms with Crippen LogP contribution in [0.2, 0.25) is 0 Å². The molecule has 2 nitrogen and oxygen atoms in total. The summed E-state index contributed by atoms with van der Waals surface area (Å²) in [6, 6.07) is 0. The van der Waals surface area contributed by atoms with Crippen LogP contribution < -0.4 is 5.32 Å². The molecule has 0 aliphatic carbocycles. The molecule has 0 saturated carbocycles. The lowest BCUT2D eigenvalue weighted by atomic mass is 10.1. The maximum atomic E-state index is 11.7. The van der Waals surface area contributed by atoms with Crippen molar-refractivity contribution < 1.29 is 17.9 Å². The third-order valence-electron chi connectivity index (χ3n) is 1.99. The highest BCUT2D eigenvalue weighted by molar-refractivity contribution is 8.00. The summed E-state index contributed by atoms with van der Waals surface area (Å²) in [5.41, 5.74) is -4.13. The Morgan fingerprint density at radius 1 is 1.29 bits per heavy atom. The van der Waals surface area contributed by atoms with Gasteiger partial charge in [-0.2, -0.15) is 13.2 Å². The van der Waals surface area contributed by atoms with E-state index in [4.69, 9.17) is 4.74 Å². The van der Waals surface area contributed by atoms with E-state index in [0.29, 0.717) is 0 Å². The zero-order chi connectivity index (χ0) is 10.4. The van der Waals surface area contributed by atoms with E-state index in [2.05, 4.69) is 5.32 Å². The molecule has 0 aromatic rings. The second-order valence-electron chi connectivity index (χ2n) is 3.11. The van der Waals surface area contributed by atoms with Crippen molar-refractivity contribution in [1.82, 2.24) is 5.32 Å². The van der Waals surface area contributed by atoms with Crippen LogP contribution >= 0.6 is 11.8 Å². The summed E-state index contributed by atoms with van der Waals surface area (Å²) in [6.45, 7) is 1.99. The molecule has 0 amide bonds. The van der Waals surface area contributed by atoms with Gasteiger partial charge in [-0.15, -0.1) is 0 Å². The number of thioether (sulfide) groups is 1. The van der Waals surface area contributed by atoms with E-state index in [-0.39, 0.29) is 30.2 Å². The maximum Gasteiger partial charge on any atom is 0.441 e. The summed E-state index contributed by atoms with van der Waals surface area (Å²) in [5, 5.41) is 3.16. The van der Waals surface area contributed by atoms with Gasteiger partial charge in [0.15, 0.2) is 0 Å². The molecule has 0 spiro atoms. The molecule has 1 N–H and O–H groups in total. The molecule has 84 valence electrons. The monoisotopic (exact) mass is 229 g/mol. The summed E-state index contributed by atoms with van der Waals surface area (Å²) in [4.78, 5) is 0. The van der Waals surface area contributed by atoms with Crippen molar-refractivity contribution in [2.24, 2.45) is 0 Å². The van der Waals surface area contributed by atoms with Crippen LogP contribution in [0.1, 0.15) is 12.8 Å². The summed E-state index contributed by atoms with van der Waals surface area (Å²) in [6.07, 6.45) is 1.94. The number of halogens is 3. The molecule has 0 bridgehead atoms. The molecule has 0 radical (unpaired) electrons.